The Morgan fingerprint density at radius 1 is 0.956 bits per heavy atom. The molecule has 5 rings (SSSR count). The van der Waals surface area contributed by atoms with Crippen molar-refractivity contribution < 1.29 is 27.9 Å². The van der Waals surface area contributed by atoms with E-state index in [9.17, 15) is 27.9 Å². The Bertz CT molecular complexity index is 1600. The predicted octanol–water partition coefficient (Wildman–Crippen LogP) is 7.23. The number of aryl methyl sites for hydroxylation is 2. The Hall–Kier alpha value is -4.24. The average Bonchev–Trinajstić information content (AvgIpc) is 3.69. The second-order valence-electron chi connectivity index (χ2n) is 11.9. The standard InChI is InChI=1S/C36H38F3N3O3/c1-41-31(18-19-40-41)32-16-8-20-42(32)35(45)28-14-7-13-27(23-28)34(44)24-29(21-25-9-3-2-4-10-25)33(43)17-6-12-26-11-5-15-30(22-26)36(37,38)39/h2-5,7,9-11,13-15,18-19,22-23,29,32-33,43H,6,8,12,16-17,20-21,24H2,1H3/t29-,32?,33-/m1/s1. The van der Waals surface area contributed by atoms with Gasteiger partial charge in [-0.15, -0.1) is 0 Å². The SMILES string of the molecule is Cn1nccc1C1CCCN1C(=O)c1cccc(C(=O)C[C@@H](Cc2ccccc2)[C@H](O)CCCc2cccc(C(F)(F)F)c2)c1. The van der Waals surface area contributed by atoms with Gasteiger partial charge in [0.15, 0.2) is 5.78 Å². The van der Waals surface area contributed by atoms with Crippen molar-refractivity contribution in [1.29, 1.82) is 0 Å². The predicted molar refractivity (Wildman–Crippen MR) is 166 cm³/mol. The molecule has 1 aliphatic rings. The average molecular weight is 618 g/mol. The summed E-state index contributed by atoms with van der Waals surface area (Å²) in [5.74, 6) is -0.718. The summed E-state index contributed by atoms with van der Waals surface area (Å²) in [6, 6.07) is 23.5. The summed E-state index contributed by atoms with van der Waals surface area (Å²) in [7, 11) is 1.86. The van der Waals surface area contributed by atoms with E-state index in [-0.39, 0.29) is 24.2 Å². The van der Waals surface area contributed by atoms with Crippen LogP contribution in [0.4, 0.5) is 13.2 Å². The first-order valence-corrected chi connectivity index (χ1v) is 15.4. The number of aliphatic hydroxyl groups is 1. The van der Waals surface area contributed by atoms with Crippen LogP contribution in [-0.2, 0) is 26.1 Å². The Kier molecular flexibility index (Phi) is 10.2. The fourth-order valence-electron chi connectivity index (χ4n) is 6.29. The van der Waals surface area contributed by atoms with Crippen LogP contribution in [0.5, 0.6) is 0 Å². The first-order valence-electron chi connectivity index (χ1n) is 15.4. The van der Waals surface area contributed by atoms with Gasteiger partial charge in [0, 0.05) is 37.3 Å². The summed E-state index contributed by atoms with van der Waals surface area (Å²) in [4.78, 5) is 29.1. The number of likely N-dealkylation sites (tertiary alicyclic amines) is 1. The van der Waals surface area contributed by atoms with Gasteiger partial charge in [-0.25, -0.2) is 0 Å². The zero-order chi connectivity index (χ0) is 32.0. The highest BCUT2D eigenvalue weighted by atomic mass is 19.4. The summed E-state index contributed by atoms with van der Waals surface area (Å²) in [6.07, 6.45) is -0.0704. The smallest absolute Gasteiger partial charge is 0.393 e. The minimum absolute atomic E-state index is 0.0681. The Balaban J connectivity index is 1.27. The summed E-state index contributed by atoms with van der Waals surface area (Å²) in [5, 5.41) is 15.5. The highest BCUT2D eigenvalue weighted by Crippen LogP contribution is 2.33. The van der Waals surface area contributed by atoms with Gasteiger partial charge < -0.3 is 10.0 Å². The third kappa shape index (κ3) is 8.08. The number of aliphatic hydroxyl groups excluding tert-OH is 1. The molecule has 1 N–H and O–H groups in total. The summed E-state index contributed by atoms with van der Waals surface area (Å²) >= 11 is 0. The van der Waals surface area contributed by atoms with Gasteiger partial charge in [-0.1, -0.05) is 60.7 Å². The molecule has 0 spiro atoms. The molecule has 9 heteroatoms. The van der Waals surface area contributed by atoms with Gasteiger partial charge in [0.25, 0.3) is 5.91 Å². The van der Waals surface area contributed by atoms with E-state index in [0.29, 0.717) is 48.9 Å². The number of alkyl halides is 3. The molecule has 1 aromatic heterocycles. The van der Waals surface area contributed by atoms with Gasteiger partial charge in [0.1, 0.15) is 0 Å². The number of benzene rings is 3. The number of nitrogens with zero attached hydrogens (tertiary/aromatic N) is 3. The van der Waals surface area contributed by atoms with E-state index in [1.165, 1.54) is 6.07 Å². The number of hydrogen-bond donors (Lipinski definition) is 1. The van der Waals surface area contributed by atoms with Crippen molar-refractivity contribution in [3.8, 4) is 0 Å². The minimum atomic E-state index is -4.41. The number of carbonyl (C=O) groups excluding carboxylic acids is 2. The van der Waals surface area contributed by atoms with E-state index in [0.717, 1.165) is 36.2 Å². The summed E-state index contributed by atoms with van der Waals surface area (Å²) in [5.41, 5.74) is 2.66. The van der Waals surface area contributed by atoms with Gasteiger partial charge in [-0.2, -0.15) is 18.3 Å². The van der Waals surface area contributed by atoms with Crippen LogP contribution in [0.15, 0.2) is 91.1 Å². The van der Waals surface area contributed by atoms with Crippen LogP contribution in [0, 0.1) is 5.92 Å². The molecular formula is C36H38F3N3O3. The number of aromatic nitrogens is 2. The molecule has 3 aromatic carbocycles. The minimum Gasteiger partial charge on any atom is -0.393 e. The van der Waals surface area contributed by atoms with E-state index in [4.69, 9.17) is 0 Å². The third-order valence-corrected chi connectivity index (χ3v) is 8.70. The fraction of sp³-hybridized carbons (Fsp3) is 0.361. The zero-order valence-electron chi connectivity index (χ0n) is 25.3. The maximum absolute atomic E-state index is 13.6. The van der Waals surface area contributed by atoms with Gasteiger partial charge in [0.05, 0.1) is 23.4 Å². The number of ketones is 1. The van der Waals surface area contributed by atoms with E-state index in [1.807, 2.05) is 48.3 Å². The highest BCUT2D eigenvalue weighted by Gasteiger charge is 2.33. The number of rotatable bonds is 12. The van der Waals surface area contributed by atoms with Crippen molar-refractivity contribution in [2.24, 2.45) is 13.0 Å². The Labute approximate surface area is 261 Å². The fourth-order valence-corrected chi connectivity index (χ4v) is 6.29. The number of hydrogen-bond acceptors (Lipinski definition) is 4. The lowest BCUT2D eigenvalue weighted by Crippen LogP contribution is -2.31. The maximum Gasteiger partial charge on any atom is 0.416 e. The zero-order valence-corrected chi connectivity index (χ0v) is 25.3. The van der Waals surface area contributed by atoms with E-state index < -0.39 is 23.8 Å². The van der Waals surface area contributed by atoms with Gasteiger partial charge in [0.2, 0.25) is 0 Å². The molecule has 45 heavy (non-hydrogen) atoms. The van der Waals surface area contributed by atoms with Crippen LogP contribution in [0.1, 0.15) is 81.2 Å². The molecule has 1 unspecified atom stereocenters. The first kappa shape index (κ1) is 32.2. The van der Waals surface area contributed by atoms with Crippen molar-refractivity contribution in [2.75, 3.05) is 6.54 Å². The molecule has 3 atom stereocenters. The number of carbonyl (C=O) groups is 2. The maximum atomic E-state index is 13.6. The lowest BCUT2D eigenvalue weighted by atomic mass is 9.85. The molecule has 1 aliphatic heterocycles. The summed E-state index contributed by atoms with van der Waals surface area (Å²) < 4.78 is 41.2. The van der Waals surface area contributed by atoms with Gasteiger partial charge >= 0.3 is 6.18 Å². The Morgan fingerprint density at radius 3 is 2.42 bits per heavy atom. The van der Waals surface area contributed by atoms with Crippen molar-refractivity contribution in [1.82, 2.24) is 14.7 Å². The molecule has 0 bridgehead atoms. The molecule has 2 heterocycles. The van der Waals surface area contributed by atoms with Crippen molar-refractivity contribution in [3.05, 3.63) is 125 Å². The van der Waals surface area contributed by atoms with Crippen LogP contribution in [-0.4, -0.2) is 44.1 Å². The van der Waals surface area contributed by atoms with Crippen molar-refractivity contribution in [2.45, 2.75) is 63.3 Å². The van der Waals surface area contributed by atoms with Crippen molar-refractivity contribution in [3.63, 3.8) is 0 Å². The van der Waals surface area contributed by atoms with Crippen LogP contribution in [0.25, 0.3) is 0 Å². The van der Waals surface area contributed by atoms with Crippen LogP contribution < -0.4 is 0 Å². The molecular weight excluding hydrogens is 579 g/mol. The number of amides is 1. The van der Waals surface area contributed by atoms with Crippen molar-refractivity contribution >= 4 is 11.7 Å². The molecule has 0 aliphatic carbocycles. The second-order valence-corrected chi connectivity index (χ2v) is 11.9. The molecule has 1 saturated heterocycles. The van der Waals surface area contributed by atoms with Crippen LogP contribution >= 0.6 is 0 Å². The molecule has 0 radical (unpaired) electrons. The molecule has 6 nitrogen and oxygen atoms in total. The van der Waals surface area contributed by atoms with E-state index in [1.54, 1.807) is 41.2 Å². The largest absolute Gasteiger partial charge is 0.416 e. The monoisotopic (exact) mass is 617 g/mol. The topological polar surface area (TPSA) is 75.4 Å². The molecule has 4 aromatic rings. The van der Waals surface area contributed by atoms with Gasteiger partial charge in [-0.05, 0) is 79.8 Å². The quantitative estimate of drug-likeness (QED) is 0.170. The number of Topliss-reactive ketones (excluding diaryl/α,β-unsaturated/α-hetero) is 1. The van der Waals surface area contributed by atoms with Crippen LogP contribution in [0.3, 0.4) is 0 Å². The molecule has 236 valence electrons. The first-order chi connectivity index (χ1) is 21.6. The number of halogens is 3. The lowest BCUT2D eigenvalue weighted by molar-refractivity contribution is -0.137. The molecule has 1 amide bonds. The summed E-state index contributed by atoms with van der Waals surface area (Å²) in [6.45, 7) is 0.624. The van der Waals surface area contributed by atoms with E-state index >= 15 is 0 Å². The third-order valence-electron chi connectivity index (χ3n) is 8.70. The lowest BCUT2D eigenvalue weighted by Gasteiger charge is -2.25. The normalized spacial score (nSPS) is 16.5. The molecule has 0 saturated carbocycles. The highest BCUT2D eigenvalue weighted by molar-refractivity contribution is 6.00. The van der Waals surface area contributed by atoms with Crippen LogP contribution in [0.2, 0.25) is 0 Å². The van der Waals surface area contributed by atoms with E-state index in [2.05, 4.69) is 5.10 Å². The molecule has 1 fully saturated rings. The second kappa shape index (κ2) is 14.2. The van der Waals surface area contributed by atoms with Gasteiger partial charge in [-0.3, -0.25) is 14.3 Å². The Morgan fingerprint density at radius 2 is 1.69 bits per heavy atom.